The molecule has 1 aromatic rings. The Labute approximate surface area is 142 Å². The number of amides is 2. The molecule has 1 heterocycles. The van der Waals surface area contributed by atoms with E-state index in [1.165, 1.54) is 7.11 Å². The van der Waals surface area contributed by atoms with E-state index in [0.29, 0.717) is 6.54 Å². The highest BCUT2D eigenvalue weighted by atomic mass is 16.5. The summed E-state index contributed by atoms with van der Waals surface area (Å²) in [5.74, 6) is -1.03. The monoisotopic (exact) mass is 332 g/mol. The second-order valence-electron chi connectivity index (χ2n) is 6.31. The first-order chi connectivity index (χ1) is 11.3. The third kappa shape index (κ3) is 3.93. The Hall–Kier alpha value is -2.37. The zero-order valence-electron chi connectivity index (χ0n) is 14.6. The summed E-state index contributed by atoms with van der Waals surface area (Å²) in [5.41, 5.74) is 3.02. The van der Waals surface area contributed by atoms with Gasteiger partial charge in [0.05, 0.1) is 19.4 Å². The Morgan fingerprint density at radius 2 is 2.08 bits per heavy atom. The highest BCUT2D eigenvalue weighted by molar-refractivity contribution is 6.01. The minimum atomic E-state index is -0.405. The second-order valence-corrected chi connectivity index (χ2v) is 6.31. The molecule has 24 heavy (non-hydrogen) atoms. The van der Waals surface area contributed by atoms with E-state index in [1.807, 2.05) is 32.0 Å². The minimum Gasteiger partial charge on any atom is -0.469 e. The van der Waals surface area contributed by atoms with Crippen molar-refractivity contribution in [3.63, 3.8) is 0 Å². The van der Waals surface area contributed by atoms with E-state index in [9.17, 15) is 14.4 Å². The number of methoxy groups -OCH3 is 1. The lowest BCUT2D eigenvalue weighted by atomic mass is 10.1. The summed E-state index contributed by atoms with van der Waals surface area (Å²) in [6.45, 7) is 6.08. The molecular formula is C18H24N2O4. The quantitative estimate of drug-likeness (QED) is 0.833. The molecule has 2 unspecified atom stereocenters. The van der Waals surface area contributed by atoms with Gasteiger partial charge in [0.1, 0.15) is 0 Å². The van der Waals surface area contributed by atoms with Gasteiger partial charge < -0.3 is 15.0 Å². The molecule has 2 atom stereocenters. The van der Waals surface area contributed by atoms with Crippen LogP contribution in [0, 0.1) is 19.8 Å². The molecule has 1 aromatic carbocycles. The van der Waals surface area contributed by atoms with E-state index < -0.39 is 5.92 Å². The molecule has 0 radical (unpaired) electrons. The Morgan fingerprint density at radius 3 is 2.75 bits per heavy atom. The fourth-order valence-electron chi connectivity index (χ4n) is 2.89. The van der Waals surface area contributed by atoms with Crippen LogP contribution in [0.15, 0.2) is 18.2 Å². The average molecular weight is 332 g/mol. The van der Waals surface area contributed by atoms with E-state index in [-0.39, 0.29) is 36.7 Å². The first kappa shape index (κ1) is 18.0. The van der Waals surface area contributed by atoms with Crippen LogP contribution in [0.4, 0.5) is 5.69 Å². The predicted octanol–water partition coefficient (Wildman–Crippen LogP) is 1.72. The van der Waals surface area contributed by atoms with Crippen molar-refractivity contribution in [3.8, 4) is 0 Å². The zero-order chi connectivity index (χ0) is 17.9. The summed E-state index contributed by atoms with van der Waals surface area (Å²) < 4.78 is 4.59. The number of anilines is 1. The summed E-state index contributed by atoms with van der Waals surface area (Å²) in [7, 11) is 1.31. The lowest BCUT2D eigenvalue weighted by Gasteiger charge is -2.20. The van der Waals surface area contributed by atoms with Gasteiger partial charge in [-0.15, -0.1) is 0 Å². The van der Waals surface area contributed by atoms with Crippen LogP contribution >= 0.6 is 0 Å². The maximum atomic E-state index is 12.4. The highest BCUT2D eigenvalue weighted by Crippen LogP contribution is 2.29. The van der Waals surface area contributed by atoms with Gasteiger partial charge in [-0.1, -0.05) is 12.1 Å². The van der Waals surface area contributed by atoms with Gasteiger partial charge in [0.25, 0.3) is 0 Å². The van der Waals surface area contributed by atoms with Crippen LogP contribution < -0.4 is 10.2 Å². The van der Waals surface area contributed by atoms with Gasteiger partial charge in [-0.05, 0) is 38.0 Å². The molecule has 2 rings (SSSR count). The number of hydrogen-bond donors (Lipinski definition) is 1. The number of benzene rings is 1. The van der Waals surface area contributed by atoms with Crippen LogP contribution in [0.5, 0.6) is 0 Å². The molecule has 0 saturated carbocycles. The van der Waals surface area contributed by atoms with Crippen molar-refractivity contribution in [2.45, 2.75) is 39.7 Å². The molecule has 1 fully saturated rings. The van der Waals surface area contributed by atoms with Crippen LogP contribution in [-0.4, -0.2) is 37.5 Å². The SMILES string of the molecule is COC(=O)CC(C)NC(=O)C1CC(=O)N(c2cccc(C)c2C)C1. The molecule has 1 aliphatic heterocycles. The lowest BCUT2D eigenvalue weighted by molar-refractivity contribution is -0.141. The maximum Gasteiger partial charge on any atom is 0.307 e. The van der Waals surface area contributed by atoms with Gasteiger partial charge in [-0.25, -0.2) is 0 Å². The van der Waals surface area contributed by atoms with Crippen molar-refractivity contribution in [2.24, 2.45) is 5.92 Å². The summed E-state index contributed by atoms with van der Waals surface area (Å²) in [6, 6.07) is 5.49. The second kappa shape index (κ2) is 7.47. The average Bonchev–Trinajstić information content (AvgIpc) is 2.91. The van der Waals surface area contributed by atoms with Crippen molar-refractivity contribution in [3.05, 3.63) is 29.3 Å². The summed E-state index contributed by atoms with van der Waals surface area (Å²) in [4.78, 5) is 37.6. The van der Waals surface area contributed by atoms with Gasteiger partial charge in [-0.3, -0.25) is 14.4 Å². The van der Waals surface area contributed by atoms with Gasteiger partial charge in [0, 0.05) is 24.7 Å². The molecule has 1 saturated heterocycles. The standard InChI is InChI=1S/C18H24N2O4/c1-11-6-5-7-15(13(11)3)20-10-14(9-16(20)21)18(23)19-12(2)8-17(22)24-4/h5-7,12,14H,8-10H2,1-4H3,(H,19,23). The number of esters is 1. The van der Waals surface area contributed by atoms with Gasteiger partial charge in [0.15, 0.2) is 0 Å². The molecule has 0 aromatic heterocycles. The van der Waals surface area contributed by atoms with Crippen LogP contribution in [0.2, 0.25) is 0 Å². The first-order valence-corrected chi connectivity index (χ1v) is 8.07. The topological polar surface area (TPSA) is 75.7 Å². The van der Waals surface area contributed by atoms with Crippen LogP contribution in [0.3, 0.4) is 0 Å². The number of rotatable bonds is 5. The molecule has 0 aliphatic carbocycles. The van der Waals surface area contributed by atoms with E-state index in [1.54, 1.807) is 11.8 Å². The molecule has 1 N–H and O–H groups in total. The van der Waals surface area contributed by atoms with E-state index in [0.717, 1.165) is 16.8 Å². The third-order valence-corrected chi connectivity index (χ3v) is 4.45. The number of carbonyl (C=O) groups excluding carboxylic acids is 3. The number of nitrogens with one attached hydrogen (secondary N) is 1. The summed E-state index contributed by atoms with van der Waals surface area (Å²) in [5, 5.41) is 2.79. The minimum absolute atomic E-state index is 0.0514. The fourth-order valence-corrected chi connectivity index (χ4v) is 2.89. The predicted molar refractivity (Wildman–Crippen MR) is 90.6 cm³/mol. The molecule has 6 heteroatoms. The zero-order valence-corrected chi connectivity index (χ0v) is 14.6. The number of aryl methyl sites for hydroxylation is 1. The summed E-state index contributed by atoms with van der Waals surface area (Å²) >= 11 is 0. The Morgan fingerprint density at radius 1 is 1.38 bits per heavy atom. The van der Waals surface area contributed by atoms with Crippen molar-refractivity contribution in [1.29, 1.82) is 0 Å². The van der Waals surface area contributed by atoms with Crippen molar-refractivity contribution in [1.82, 2.24) is 5.32 Å². The number of hydrogen-bond acceptors (Lipinski definition) is 4. The van der Waals surface area contributed by atoms with Gasteiger partial charge in [-0.2, -0.15) is 0 Å². The van der Waals surface area contributed by atoms with Crippen molar-refractivity contribution < 1.29 is 19.1 Å². The molecule has 130 valence electrons. The molecule has 6 nitrogen and oxygen atoms in total. The Kier molecular flexibility index (Phi) is 5.59. The number of nitrogens with zero attached hydrogens (tertiary/aromatic N) is 1. The van der Waals surface area contributed by atoms with Gasteiger partial charge in [0.2, 0.25) is 11.8 Å². The maximum absolute atomic E-state index is 12.4. The van der Waals surface area contributed by atoms with E-state index in [4.69, 9.17) is 0 Å². The Balaban J connectivity index is 2.02. The van der Waals surface area contributed by atoms with Crippen molar-refractivity contribution >= 4 is 23.5 Å². The van der Waals surface area contributed by atoms with Crippen LogP contribution in [-0.2, 0) is 19.1 Å². The first-order valence-electron chi connectivity index (χ1n) is 8.07. The van der Waals surface area contributed by atoms with Crippen LogP contribution in [0.1, 0.15) is 30.9 Å². The highest BCUT2D eigenvalue weighted by Gasteiger charge is 2.36. The molecule has 2 amide bonds. The van der Waals surface area contributed by atoms with Gasteiger partial charge >= 0.3 is 5.97 Å². The normalized spacial score (nSPS) is 18.4. The number of ether oxygens (including phenoxy) is 1. The molecule has 1 aliphatic rings. The van der Waals surface area contributed by atoms with Crippen LogP contribution in [0.25, 0.3) is 0 Å². The lowest BCUT2D eigenvalue weighted by Crippen LogP contribution is -2.39. The molecule has 0 spiro atoms. The van der Waals surface area contributed by atoms with Crippen molar-refractivity contribution in [2.75, 3.05) is 18.6 Å². The molecular weight excluding hydrogens is 308 g/mol. The molecule has 0 bridgehead atoms. The Bertz CT molecular complexity index is 656. The summed E-state index contributed by atoms with van der Waals surface area (Å²) in [6.07, 6.45) is 0.299. The fraction of sp³-hybridized carbons (Fsp3) is 0.500. The van der Waals surface area contributed by atoms with E-state index >= 15 is 0 Å². The van der Waals surface area contributed by atoms with E-state index in [2.05, 4.69) is 10.1 Å². The third-order valence-electron chi connectivity index (χ3n) is 4.45. The largest absolute Gasteiger partial charge is 0.469 e. The smallest absolute Gasteiger partial charge is 0.307 e. The number of carbonyl (C=O) groups is 3.